The fourth-order valence-corrected chi connectivity index (χ4v) is 8.36. The molecule has 0 aromatic rings. The molecular weight excluding hydrogens is 480 g/mol. The maximum absolute atomic E-state index is 14.3. The minimum absolute atomic E-state index is 0.0145. The highest BCUT2D eigenvalue weighted by Gasteiger charge is 2.76. The lowest BCUT2D eigenvalue weighted by atomic mass is 9.59. The van der Waals surface area contributed by atoms with Crippen LogP contribution in [0.3, 0.4) is 0 Å². The lowest BCUT2D eigenvalue weighted by molar-refractivity contribution is -0.203. The first kappa shape index (κ1) is 29.5. The van der Waals surface area contributed by atoms with Crippen molar-refractivity contribution < 1.29 is 29.6 Å². The summed E-state index contributed by atoms with van der Waals surface area (Å²) in [6.07, 6.45) is 12.1. The molecule has 4 aliphatic rings. The van der Waals surface area contributed by atoms with E-state index in [1.54, 1.807) is 19.1 Å². The second kappa shape index (κ2) is 11.2. The van der Waals surface area contributed by atoms with Crippen LogP contribution in [0.25, 0.3) is 0 Å². The number of carbonyl (C=O) groups is 2. The van der Waals surface area contributed by atoms with Gasteiger partial charge in [-0.25, -0.2) is 0 Å². The molecule has 0 saturated heterocycles. The van der Waals surface area contributed by atoms with Crippen molar-refractivity contribution in [1.82, 2.24) is 0 Å². The number of unbranched alkanes of at least 4 members (excludes halogenated alkanes) is 8. The van der Waals surface area contributed by atoms with Crippen molar-refractivity contribution in [3.8, 4) is 0 Å². The second-order valence-corrected chi connectivity index (χ2v) is 13.3. The Morgan fingerprint density at radius 2 is 1.68 bits per heavy atom. The first-order chi connectivity index (χ1) is 18.0. The maximum atomic E-state index is 14.3. The van der Waals surface area contributed by atoms with Gasteiger partial charge in [0, 0.05) is 12.3 Å². The van der Waals surface area contributed by atoms with Crippen LogP contribution in [0.2, 0.25) is 0 Å². The number of Topliss-reactive ketones (excluding diaryl/α,β-unsaturated/α-hetero) is 1. The fraction of sp³-hybridized carbons (Fsp3) is 0.812. The Bertz CT molecular complexity index is 965. The quantitative estimate of drug-likeness (QED) is 0.180. The Balaban J connectivity index is 1.48. The van der Waals surface area contributed by atoms with Crippen LogP contribution in [0.4, 0.5) is 0 Å². The summed E-state index contributed by atoms with van der Waals surface area (Å²) in [6, 6.07) is 0. The molecule has 0 heterocycles. The van der Waals surface area contributed by atoms with Crippen LogP contribution in [0, 0.1) is 34.5 Å². The molecule has 2 bridgehead atoms. The van der Waals surface area contributed by atoms with Crippen LogP contribution in [-0.4, -0.2) is 51.5 Å². The van der Waals surface area contributed by atoms with E-state index >= 15 is 0 Å². The van der Waals surface area contributed by atoms with E-state index in [4.69, 9.17) is 4.74 Å². The Labute approximate surface area is 228 Å². The standard InChI is InChI=1S/C32H50O6/c1-6-7-8-9-10-11-12-13-14-15-25(34)38-29-20(2)18-31-21(3)16-24-26(30(24,4)5)23(28(31)36)17-22(19-33)27(35)32(29,31)37/h17-18,21,23-24,26-27,29,33,35,37H,6-16,19H2,1-5H3/t21-,23-,24+,26-,27-,29+,31+,32+/m0/s1. The third-order valence-electron chi connectivity index (χ3n) is 10.6. The number of esters is 1. The number of hydrogen-bond donors (Lipinski definition) is 3. The molecule has 3 N–H and O–H groups in total. The SMILES string of the molecule is CCCCCCCCCCCC(=O)O[C@@H]1C(C)=C[C@@]23C(=O)[C@@H](C=C(CO)[C@H](O)[C@@]12O)[C@H]1[C@@H](C[C@@H]3C)C1(C)C. The Morgan fingerprint density at radius 3 is 2.29 bits per heavy atom. The van der Waals surface area contributed by atoms with E-state index in [2.05, 4.69) is 20.8 Å². The molecule has 0 unspecified atom stereocenters. The lowest BCUT2D eigenvalue weighted by Crippen LogP contribution is -2.65. The van der Waals surface area contributed by atoms with E-state index in [-0.39, 0.29) is 35.0 Å². The first-order valence-electron chi connectivity index (χ1n) is 15.1. The van der Waals surface area contributed by atoms with Gasteiger partial charge in [-0.1, -0.05) is 91.2 Å². The zero-order valence-electron chi connectivity index (χ0n) is 24.2. The molecular formula is C32H50O6. The number of ether oxygens (including phenoxy) is 1. The van der Waals surface area contributed by atoms with Crippen molar-refractivity contribution >= 4 is 11.8 Å². The van der Waals surface area contributed by atoms with E-state index in [0.717, 1.165) is 19.3 Å². The zero-order valence-corrected chi connectivity index (χ0v) is 24.2. The van der Waals surface area contributed by atoms with Gasteiger partial charge in [0.15, 0.2) is 17.5 Å². The summed E-state index contributed by atoms with van der Waals surface area (Å²) in [6.45, 7) is 9.85. The summed E-state index contributed by atoms with van der Waals surface area (Å²) in [5.41, 5.74) is -2.60. The van der Waals surface area contributed by atoms with Crippen molar-refractivity contribution in [3.63, 3.8) is 0 Å². The van der Waals surface area contributed by atoms with Crippen molar-refractivity contribution in [1.29, 1.82) is 0 Å². The monoisotopic (exact) mass is 530 g/mol. The molecule has 0 aliphatic heterocycles. The maximum Gasteiger partial charge on any atom is 0.306 e. The molecule has 2 saturated carbocycles. The van der Waals surface area contributed by atoms with E-state index in [9.17, 15) is 24.9 Å². The van der Waals surface area contributed by atoms with Crippen LogP contribution >= 0.6 is 0 Å². The largest absolute Gasteiger partial charge is 0.455 e. The van der Waals surface area contributed by atoms with Crippen molar-refractivity contribution in [3.05, 3.63) is 23.3 Å². The topological polar surface area (TPSA) is 104 Å². The molecule has 0 amide bonds. The van der Waals surface area contributed by atoms with Crippen LogP contribution < -0.4 is 0 Å². The van der Waals surface area contributed by atoms with E-state index in [0.29, 0.717) is 17.9 Å². The van der Waals surface area contributed by atoms with Gasteiger partial charge in [0.05, 0.1) is 12.0 Å². The predicted octanol–water partition coefficient (Wildman–Crippen LogP) is 5.29. The molecule has 0 aromatic carbocycles. The molecule has 38 heavy (non-hydrogen) atoms. The summed E-state index contributed by atoms with van der Waals surface area (Å²) in [4.78, 5) is 27.3. The van der Waals surface area contributed by atoms with Gasteiger partial charge in [0.2, 0.25) is 0 Å². The molecule has 2 fully saturated rings. The summed E-state index contributed by atoms with van der Waals surface area (Å²) >= 11 is 0. The highest BCUT2D eigenvalue weighted by Crippen LogP contribution is 2.71. The molecule has 0 aromatic heterocycles. The Kier molecular flexibility index (Phi) is 8.67. The van der Waals surface area contributed by atoms with Gasteiger partial charge in [0.25, 0.3) is 0 Å². The van der Waals surface area contributed by atoms with Gasteiger partial charge in [-0.05, 0) is 54.1 Å². The van der Waals surface area contributed by atoms with Crippen molar-refractivity contribution in [2.24, 2.45) is 34.5 Å². The number of aliphatic hydroxyl groups is 3. The summed E-state index contributed by atoms with van der Waals surface area (Å²) in [5.74, 6) is -0.859. The number of allylic oxidation sites excluding steroid dienone is 1. The van der Waals surface area contributed by atoms with Crippen LogP contribution in [-0.2, 0) is 14.3 Å². The normalized spacial score (nSPS) is 38.9. The smallest absolute Gasteiger partial charge is 0.306 e. The Morgan fingerprint density at radius 1 is 1.08 bits per heavy atom. The van der Waals surface area contributed by atoms with Gasteiger partial charge < -0.3 is 20.1 Å². The van der Waals surface area contributed by atoms with Gasteiger partial charge in [-0.15, -0.1) is 0 Å². The summed E-state index contributed by atoms with van der Waals surface area (Å²) < 4.78 is 5.91. The number of aliphatic hydroxyl groups excluding tert-OH is 2. The second-order valence-electron chi connectivity index (χ2n) is 13.3. The van der Waals surface area contributed by atoms with Gasteiger partial charge in [-0.3, -0.25) is 9.59 Å². The number of ketones is 1. The Hall–Kier alpha value is -1.50. The van der Waals surface area contributed by atoms with E-state index in [1.165, 1.54) is 38.5 Å². The number of rotatable bonds is 12. The zero-order chi connectivity index (χ0) is 27.9. The molecule has 1 spiro atoms. The average Bonchev–Trinajstić information content (AvgIpc) is 3.36. The first-order valence-corrected chi connectivity index (χ1v) is 15.1. The van der Waals surface area contributed by atoms with Crippen LogP contribution in [0.15, 0.2) is 23.3 Å². The highest BCUT2D eigenvalue weighted by atomic mass is 16.6. The molecule has 4 aliphatic carbocycles. The van der Waals surface area contributed by atoms with Gasteiger partial charge >= 0.3 is 5.97 Å². The predicted molar refractivity (Wildman–Crippen MR) is 147 cm³/mol. The average molecular weight is 531 g/mol. The van der Waals surface area contributed by atoms with E-state index in [1.807, 2.05) is 6.92 Å². The fourth-order valence-electron chi connectivity index (χ4n) is 8.36. The minimum atomic E-state index is -2.05. The molecule has 6 heteroatoms. The third-order valence-corrected chi connectivity index (χ3v) is 10.6. The van der Waals surface area contributed by atoms with E-state index < -0.39 is 41.7 Å². The molecule has 8 atom stereocenters. The lowest BCUT2D eigenvalue weighted by Gasteiger charge is -2.48. The molecule has 4 rings (SSSR count). The molecule has 214 valence electrons. The van der Waals surface area contributed by atoms with Crippen LogP contribution in [0.5, 0.6) is 0 Å². The number of carbonyl (C=O) groups excluding carboxylic acids is 2. The van der Waals surface area contributed by atoms with Gasteiger partial charge in [0.1, 0.15) is 6.10 Å². The number of hydrogen-bond acceptors (Lipinski definition) is 6. The number of fused-ring (bicyclic) bond motifs is 3. The van der Waals surface area contributed by atoms with Crippen LogP contribution in [0.1, 0.15) is 105 Å². The minimum Gasteiger partial charge on any atom is -0.455 e. The third kappa shape index (κ3) is 4.62. The summed E-state index contributed by atoms with van der Waals surface area (Å²) in [5, 5.41) is 34.2. The van der Waals surface area contributed by atoms with Crippen molar-refractivity contribution in [2.45, 2.75) is 123 Å². The van der Waals surface area contributed by atoms with Gasteiger partial charge in [-0.2, -0.15) is 0 Å². The molecule has 0 radical (unpaired) electrons. The molecule has 6 nitrogen and oxygen atoms in total. The van der Waals surface area contributed by atoms with Crippen molar-refractivity contribution in [2.75, 3.05) is 6.61 Å². The summed E-state index contributed by atoms with van der Waals surface area (Å²) in [7, 11) is 0. The highest BCUT2D eigenvalue weighted by molar-refractivity contribution is 5.95.